The molecule has 0 radical (unpaired) electrons. The van der Waals surface area contributed by atoms with Crippen LogP contribution in [0.5, 0.6) is 5.75 Å². The second kappa shape index (κ2) is 7.49. The molecule has 6 heteroatoms. The zero-order valence-corrected chi connectivity index (χ0v) is 14.6. The minimum atomic E-state index is -0.458. The van der Waals surface area contributed by atoms with Crippen molar-refractivity contribution < 1.29 is 19.2 Å². The van der Waals surface area contributed by atoms with Crippen molar-refractivity contribution in [2.45, 2.75) is 39.8 Å². The van der Waals surface area contributed by atoms with Crippen LogP contribution in [0, 0.1) is 0 Å². The Kier molecular flexibility index (Phi) is 5.62. The van der Waals surface area contributed by atoms with E-state index in [-0.39, 0.29) is 17.7 Å². The van der Waals surface area contributed by atoms with Crippen LogP contribution in [0.25, 0.3) is 11.0 Å². The first-order chi connectivity index (χ1) is 11.3. The Morgan fingerprint density at radius 1 is 1.29 bits per heavy atom. The summed E-state index contributed by atoms with van der Waals surface area (Å²) in [7, 11) is 1.90. The summed E-state index contributed by atoms with van der Waals surface area (Å²) in [6.07, 6.45) is 0.680. The SMILES string of the molecule is CCc1cc2c(C[NH+](C)CC(=O)NC(C)C)cc(=O)oc2cc1O. The Labute approximate surface area is 141 Å². The van der Waals surface area contributed by atoms with E-state index in [1.54, 1.807) is 0 Å². The Morgan fingerprint density at radius 3 is 2.62 bits per heavy atom. The number of aromatic hydroxyl groups is 1. The summed E-state index contributed by atoms with van der Waals surface area (Å²) in [5, 5.41) is 13.6. The number of quaternary nitrogens is 1. The van der Waals surface area contributed by atoms with Gasteiger partial charge in [0.25, 0.3) is 5.91 Å². The summed E-state index contributed by atoms with van der Waals surface area (Å²) in [5.41, 5.74) is 1.52. The highest BCUT2D eigenvalue weighted by atomic mass is 16.4. The minimum Gasteiger partial charge on any atom is -0.508 e. The van der Waals surface area contributed by atoms with Crippen LogP contribution in [0.1, 0.15) is 31.9 Å². The van der Waals surface area contributed by atoms with Crippen molar-refractivity contribution in [1.29, 1.82) is 0 Å². The van der Waals surface area contributed by atoms with Crippen molar-refractivity contribution in [2.24, 2.45) is 0 Å². The highest BCUT2D eigenvalue weighted by molar-refractivity contribution is 5.82. The van der Waals surface area contributed by atoms with Gasteiger partial charge >= 0.3 is 5.63 Å². The number of nitrogens with one attached hydrogen (secondary N) is 2. The molecule has 0 aliphatic rings. The smallest absolute Gasteiger partial charge is 0.336 e. The number of likely N-dealkylation sites (N-methyl/N-ethyl adjacent to an activating group) is 1. The van der Waals surface area contributed by atoms with Crippen molar-refractivity contribution >= 4 is 16.9 Å². The highest BCUT2D eigenvalue weighted by Crippen LogP contribution is 2.26. The number of phenols is 1. The van der Waals surface area contributed by atoms with Crippen molar-refractivity contribution in [3.05, 3.63) is 39.7 Å². The maximum Gasteiger partial charge on any atom is 0.336 e. The lowest BCUT2D eigenvalue weighted by Gasteiger charge is -2.16. The van der Waals surface area contributed by atoms with Gasteiger partial charge in [-0.15, -0.1) is 0 Å². The third kappa shape index (κ3) is 4.35. The molecule has 3 N–H and O–H groups in total. The van der Waals surface area contributed by atoms with E-state index in [0.717, 1.165) is 21.4 Å². The number of carbonyl (C=O) groups excluding carboxylic acids is 1. The van der Waals surface area contributed by atoms with Crippen molar-refractivity contribution in [2.75, 3.05) is 13.6 Å². The predicted octanol–water partition coefficient (Wildman–Crippen LogP) is 0.600. The van der Waals surface area contributed by atoms with E-state index in [1.807, 2.05) is 33.9 Å². The van der Waals surface area contributed by atoms with Gasteiger partial charge in [0.2, 0.25) is 0 Å². The van der Waals surface area contributed by atoms with Crippen LogP contribution in [0.2, 0.25) is 0 Å². The summed E-state index contributed by atoms with van der Waals surface area (Å²) < 4.78 is 5.19. The van der Waals surface area contributed by atoms with Crippen LogP contribution in [-0.4, -0.2) is 30.6 Å². The van der Waals surface area contributed by atoms with Crippen molar-refractivity contribution in [1.82, 2.24) is 5.32 Å². The van der Waals surface area contributed by atoms with E-state index < -0.39 is 5.63 Å². The number of hydrogen-bond donors (Lipinski definition) is 3. The third-order valence-electron chi connectivity index (χ3n) is 3.81. The second-order valence-corrected chi connectivity index (χ2v) is 6.45. The zero-order valence-electron chi connectivity index (χ0n) is 14.6. The monoisotopic (exact) mass is 333 g/mol. The molecule has 1 aromatic heterocycles. The van der Waals surface area contributed by atoms with Crippen LogP contribution in [0.15, 0.2) is 27.4 Å². The maximum absolute atomic E-state index is 11.9. The molecule has 1 unspecified atom stereocenters. The average molecular weight is 333 g/mol. The van der Waals surface area contributed by atoms with Crippen LogP contribution in [-0.2, 0) is 17.8 Å². The molecule has 1 heterocycles. The Hall–Kier alpha value is -2.34. The number of amides is 1. The number of aryl methyl sites for hydroxylation is 1. The molecular weight excluding hydrogens is 308 g/mol. The van der Waals surface area contributed by atoms with Gasteiger partial charge in [0.1, 0.15) is 17.9 Å². The first-order valence-corrected chi connectivity index (χ1v) is 8.19. The number of hydrogen-bond acceptors (Lipinski definition) is 4. The molecule has 0 saturated carbocycles. The van der Waals surface area contributed by atoms with Crippen molar-refractivity contribution in [3.8, 4) is 5.75 Å². The maximum atomic E-state index is 11.9. The van der Waals surface area contributed by atoms with Gasteiger partial charge in [-0.25, -0.2) is 4.79 Å². The topological polar surface area (TPSA) is 84.0 Å². The average Bonchev–Trinajstić information content (AvgIpc) is 2.45. The fourth-order valence-electron chi connectivity index (χ4n) is 2.77. The number of fused-ring (bicyclic) bond motifs is 1. The third-order valence-corrected chi connectivity index (χ3v) is 3.81. The molecule has 6 nitrogen and oxygen atoms in total. The molecule has 0 saturated heterocycles. The Balaban J connectivity index is 2.30. The van der Waals surface area contributed by atoms with Gasteiger partial charge in [-0.05, 0) is 31.9 Å². The molecule has 0 aliphatic carbocycles. The fraction of sp³-hybridized carbons (Fsp3) is 0.444. The lowest BCUT2D eigenvalue weighted by molar-refractivity contribution is -0.885. The van der Waals surface area contributed by atoms with Gasteiger partial charge in [0.05, 0.1) is 7.05 Å². The van der Waals surface area contributed by atoms with Crippen LogP contribution in [0.3, 0.4) is 0 Å². The van der Waals surface area contributed by atoms with E-state index in [2.05, 4.69) is 5.32 Å². The lowest BCUT2D eigenvalue weighted by Crippen LogP contribution is -3.09. The summed E-state index contributed by atoms with van der Waals surface area (Å²) in [5.74, 6) is 0.101. The van der Waals surface area contributed by atoms with Crippen molar-refractivity contribution in [3.63, 3.8) is 0 Å². The molecule has 24 heavy (non-hydrogen) atoms. The normalized spacial score (nSPS) is 12.5. The second-order valence-electron chi connectivity index (χ2n) is 6.45. The standard InChI is InChI=1S/C18H24N2O4/c1-5-12-6-14-13(7-18(23)24-16(14)8-15(12)21)9-20(4)10-17(22)19-11(2)3/h6-8,11,21H,5,9-10H2,1-4H3,(H,19,22)/p+1. The number of carbonyl (C=O) groups is 1. The molecule has 1 atom stereocenters. The molecule has 1 amide bonds. The largest absolute Gasteiger partial charge is 0.508 e. The Morgan fingerprint density at radius 2 is 2.00 bits per heavy atom. The molecule has 0 aliphatic heterocycles. The summed E-state index contributed by atoms with van der Waals surface area (Å²) in [4.78, 5) is 24.6. The predicted molar refractivity (Wildman–Crippen MR) is 92.3 cm³/mol. The van der Waals surface area contributed by atoms with Crippen LogP contribution < -0.4 is 15.8 Å². The zero-order chi connectivity index (χ0) is 17.9. The number of phenolic OH excluding ortho intramolecular Hbond substituents is 1. The van der Waals surface area contributed by atoms with E-state index in [4.69, 9.17) is 4.42 Å². The molecule has 130 valence electrons. The summed E-state index contributed by atoms with van der Waals surface area (Å²) in [6.45, 7) is 6.62. The van der Waals surface area contributed by atoms with Gasteiger partial charge in [0.15, 0.2) is 6.54 Å². The fourth-order valence-corrected chi connectivity index (χ4v) is 2.77. The summed E-state index contributed by atoms with van der Waals surface area (Å²) in [6, 6.07) is 4.90. The molecule has 1 aromatic carbocycles. The summed E-state index contributed by atoms with van der Waals surface area (Å²) >= 11 is 0. The minimum absolute atomic E-state index is 0.0262. The number of rotatable bonds is 6. The molecule has 2 aromatic rings. The molecular formula is C18H25N2O4+. The molecule has 0 bridgehead atoms. The van der Waals surface area contributed by atoms with E-state index in [0.29, 0.717) is 25.1 Å². The molecule has 0 fully saturated rings. The van der Waals surface area contributed by atoms with E-state index in [9.17, 15) is 14.7 Å². The quantitative estimate of drug-likeness (QED) is 0.676. The van der Waals surface area contributed by atoms with E-state index >= 15 is 0 Å². The van der Waals surface area contributed by atoms with Crippen LogP contribution in [0.4, 0.5) is 0 Å². The highest BCUT2D eigenvalue weighted by Gasteiger charge is 2.16. The lowest BCUT2D eigenvalue weighted by atomic mass is 10.0. The van der Waals surface area contributed by atoms with Gasteiger partial charge < -0.3 is 19.7 Å². The first-order valence-electron chi connectivity index (χ1n) is 8.19. The Bertz CT molecular complexity index is 795. The number of benzene rings is 1. The first kappa shape index (κ1) is 18.0. The van der Waals surface area contributed by atoms with Gasteiger partial charge in [-0.3, -0.25) is 4.79 Å². The van der Waals surface area contributed by atoms with E-state index in [1.165, 1.54) is 12.1 Å². The van der Waals surface area contributed by atoms with Gasteiger partial charge in [-0.1, -0.05) is 6.92 Å². The molecule has 0 spiro atoms. The van der Waals surface area contributed by atoms with Gasteiger partial charge in [0, 0.05) is 29.1 Å². The van der Waals surface area contributed by atoms with Crippen LogP contribution >= 0.6 is 0 Å². The molecule has 2 rings (SSSR count). The van der Waals surface area contributed by atoms with Gasteiger partial charge in [-0.2, -0.15) is 0 Å².